The summed E-state index contributed by atoms with van der Waals surface area (Å²) in [6.45, 7) is 3.10. The Kier molecular flexibility index (Phi) is 6.46. The van der Waals surface area contributed by atoms with Crippen LogP contribution < -0.4 is 0 Å². The van der Waals surface area contributed by atoms with E-state index in [2.05, 4.69) is 4.98 Å². The Bertz CT molecular complexity index is 792. The fourth-order valence-electron chi connectivity index (χ4n) is 3.99. The maximum absolute atomic E-state index is 13.2. The van der Waals surface area contributed by atoms with E-state index in [1.54, 1.807) is 23.2 Å². The lowest BCUT2D eigenvalue weighted by Crippen LogP contribution is -2.56. The van der Waals surface area contributed by atoms with Crippen molar-refractivity contribution in [1.82, 2.24) is 14.5 Å². The number of aliphatic hydroxyl groups is 2. The van der Waals surface area contributed by atoms with Gasteiger partial charge in [0.05, 0.1) is 12.7 Å². The van der Waals surface area contributed by atoms with Gasteiger partial charge in [-0.1, -0.05) is 19.1 Å². The number of likely N-dealkylation sites (tertiary alicyclic amines) is 1. The van der Waals surface area contributed by atoms with Crippen LogP contribution in [0.3, 0.4) is 0 Å². The number of amides is 1. The van der Waals surface area contributed by atoms with Gasteiger partial charge in [0.1, 0.15) is 11.6 Å². The minimum absolute atomic E-state index is 0.000385. The van der Waals surface area contributed by atoms with Crippen LogP contribution in [0.4, 0.5) is 4.39 Å². The van der Waals surface area contributed by atoms with Crippen molar-refractivity contribution in [1.29, 1.82) is 0 Å². The van der Waals surface area contributed by atoms with Crippen LogP contribution in [0.15, 0.2) is 36.7 Å². The van der Waals surface area contributed by atoms with Crippen molar-refractivity contribution in [3.63, 3.8) is 0 Å². The lowest BCUT2D eigenvalue weighted by Gasteiger charge is -2.45. The van der Waals surface area contributed by atoms with Gasteiger partial charge in [-0.05, 0) is 30.5 Å². The first-order valence-electron chi connectivity index (χ1n) is 9.78. The molecule has 2 heterocycles. The van der Waals surface area contributed by atoms with Gasteiger partial charge in [-0.25, -0.2) is 9.37 Å². The molecule has 0 spiro atoms. The van der Waals surface area contributed by atoms with Gasteiger partial charge in [-0.3, -0.25) is 4.79 Å². The predicted octanol–water partition coefficient (Wildman–Crippen LogP) is 1.79. The second-order valence-corrected chi connectivity index (χ2v) is 7.58. The van der Waals surface area contributed by atoms with Crippen molar-refractivity contribution in [3.05, 3.63) is 53.9 Å². The Hall–Kier alpha value is -2.25. The van der Waals surface area contributed by atoms with Crippen LogP contribution in [-0.4, -0.2) is 56.4 Å². The van der Waals surface area contributed by atoms with Crippen LogP contribution in [-0.2, 0) is 24.2 Å². The highest BCUT2D eigenvalue weighted by Crippen LogP contribution is 2.34. The number of carbonyl (C=O) groups is 1. The number of rotatable bonds is 7. The van der Waals surface area contributed by atoms with Crippen LogP contribution in [0, 0.1) is 11.2 Å². The van der Waals surface area contributed by atoms with Gasteiger partial charge in [0.2, 0.25) is 5.91 Å². The first-order chi connectivity index (χ1) is 13.5. The van der Waals surface area contributed by atoms with Gasteiger partial charge in [0, 0.05) is 50.3 Å². The Labute approximate surface area is 164 Å². The van der Waals surface area contributed by atoms with Crippen LogP contribution >= 0.6 is 0 Å². The monoisotopic (exact) mass is 389 g/mol. The SMILES string of the molecule is CCc1nccn1CCC(=O)N1CC[C@H](O)[C@@](CO)(Cc2ccc(F)cc2)C1. The molecule has 1 amide bonds. The molecule has 1 aliphatic rings. The summed E-state index contributed by atoms with van der Waals surface area (Å²) < 4.78 is 15.2. The highest BCUT2D eigenvalue weighted by molar-refractivity contribution is 5.76. The van der Waals surface area contributed by atoms with Crippen LogP contribution in [0.5, 0.6) is 0 Å². The van der Waals surface area contributed by atoms with E-state index in [1.807, 2.05) is 17.7 Å². The van der Waals surface area contributed by atoms with Gasteiger partial charge in [0.15, 0.2) is 0 Å². The molecule has 28 heavy (non-hydrogen) atoms. The molecule has 152 valence electrons. The third kappa shape index (κ3) is 4.42. The summed E-state index contributed by atoms with van der Waals surface area (Å²) in [5, 5.41) is 20.7. The third-order valence-corrected chi connectivity index (χ3v) is 5.71. The topological polar surface area (TPSA) is 78.6 Å². The minimum atomic E-state index is -0.838. The summed E-state index contributed by atoms with van der Waals surface area (Å²) in [6.07, 6.45) is 4.85. The lowest BCUT2D eigenvalue weighted by atomic mass is 9.73. The molecule has 6 nitrogen and oxygen atoms in total. The molecule has 0 bridgehead atoms. The molecule has 0 unspecified atom stereocenters. The molecule has 1 aromatic carbocycles. The number of aromatic nitrogens is 2. The Morgan fingerprint density at radius 3 is 2.79 bits per heavy atom. The van der Waals surface area contributed by atoms with Gasteiger partial charge in [-0.2, -0.15) is 0 Å². The van der Waals surface area contributed by atoms with Crippen molar-refractivity contribution in [2.24, 2.45) is 5.41 Å². The van der Waals surface area contributed by atoms with Gasteiger partial charge in [0.25, 0.3) is 0 Å². The number of hydrogen-bond acceptors (Lipinski definition) is 4. The summed E-state index contributed by atoms with van der Waals surface area (Å²) in [5.41, 5.74) is -0.00945. The Morgan fingerprint density at radius 2 is 2.11 bits per heavy atom. The zero-order valence-corrected chi connectivity index (χ0v) is 16.2. The van der Waals surface area contributed by atoms with E-state index in [4.69, 9.17) is 0 Å². The number of hydrogen-bond donors (Lipinski definition) is 2. The van der Waals surface area contributed by atoms with E-state index >= 15 is 0 Å². The number of nitrogens with zero attached hydrogens (tertiary/aromatic N) is 3. The first kappa shape index (κ1) is 20.5. The molecule has 0 saturated carbocycles. The largest absolute Gasteiger partial charge is 0.396 e. The molecular weight excluding hydrogens is 361 g/mol. The lowest BCUT2D eigenvalue weighted by molar-refractivity contribution is -0.142. The molecule has 3 rings (SSSR count). The number of halogens is 1. The van der Waals surface area contributed by atoms with Crippen molar-refractivity contribution >= 4 is 5.91 Å². The highest BCUT2D eigenvalue weighted by atomic mass is 19.1. The van der Waals surface area contributed by atoms with E-state index in [0.29, 0.717) is 32.4 Å². The Balaban J connectivity index is 1.67. The molecule has 2 aromatic rings. The molecule has 1 aliphatic heterocycles. The average Bonchev–Trinajstić information content (AvgIpc) is 3.17. The number of carbonyl (C=O) groups excluding carboxylic acids is 1. The molecule has 0 radical (unpaired) electrons. The van der Waals surface area contributed by atoms with Crippen LogP contribution in [0.2, 0.25) is 0 Å². The quantitative estimate of drug-likeness (QED) is 0.757. The summed E-state index contributed by atoms with van der Waals surface area (Å²) in [7, 11) is 0. The number of aliphatic hydroxyl groups excluding tert-OH is 2. The zero-order chi connectivity index (χ0) is 20.1. The predicted molar refractivity (Wildman–Crippen MR) is 103 cm³/mol. The standard InChI is InChI=1S/C21H28FN3O3/c1-2-19-23-9-12-24(19)11-8-20(28)25-10-7-18(27)21(14-25,15-26)13-16-3-5-17(22)6-4-16/h3-6,9,12,18,26-27H,2,7-8,10-11,13-15H2,1H3/t18-,21-/m0/s1. The number of piperidine rings is 1. The fourth-order valence-corrected chi connectivity index (χ4v) is 3.99. The molecule has 2 N–H and O–H groups in total. The fraction of sp³-hybridized carbons (Fsp3) is 0.524. The first-order valence-corrected chi connectivity index (χ1v) is 9.78. The molecule has 1 aromatic heterocycles. The Morgan fingerprint density at radius 1 is 1.36 bits per heavy atom. The van der Waals surface area contributed by atoms with E-state index in [0.717, 1.165) is 17.8 Å². The van der Waals surface area contributed by atoms with Crippen molar-refractivity contribution in [2.75, 3.05) is 19.7 Å². The maximum Gasteiger partial charge on any atom is 0.224 e. The summed E-state index contributed by atoms with van der Waals surface area (Å²) in [4.78, 5) is 18.8. The number of imidazole rings is 1. The van der Waals surface area contributed by atoms with Gasteiger partial charge >= 0.3 is 0 Å². The molecule has 2 atom stereocenters. The highest BCUT2D eigenvalue weighted by Gasteiger charge is 2.43. The number of benzene rings is 1. The molecular formula is C21H28FN3O3. The van der Waals surface area contributed by atoms with Crippen molar-refractivity contribution < 1.29 is 19.4 Å². The molecule has 1 fully saturated rings. The second-order valence-electron chi connectivity index (χ2n) is 7.58. The maximum atomic E-state index is 13.2. The van der Waals surface area contributed by atoms with E-state index in [-0.39, 0.29) is 24.9 Å². The van der Waals surface area contributed by atoms with Crippen LogP contribution in [0.25, 0.3) is 0 Å². The normalized spacial score (nSPS) is 22.4. The van der Waals surface area contributed by atoms with E-state index in [9.17, 15) is 19.4 Å². The zero-order valence-electron chi connectivity index (χ0n) is 16.2. The molecule has 1 saturated heterocycles. The van der Waals surface area contributed by atoms with E-state index < -0.39 is 11.5 Å². The van der Waals surface area contributed by atoms with Gasteiger partial charge < -0.3 is 19.7 Å². The second kappa shape index (κ2) is 8.84. The summed E-state index contributed by atoms with van der Waals surface area (Å²) in [6, 6.07) is 6.06. The molecule has 0 aliphatic carbocycles. The smallest absolute Gasteiger partial charge is 0.224 e. The summed E-state index contributed by atoms with van der Waals surface area (Å²) in [5.74, 6) is 0.621. The number of aryl methyl sites for hydroxylation is 2. The molecule has 7 heteroatoms. The average molecular weight is 389 g/mol. The van der Waals surface area contributed by atoms with Crippen LogP contribution in [0.1, 0.15) is 31.2 Å². The van der Waals surface area contributed by atoms with Crippen molar-refractivity contribution in [2.45, 2.75) is 45.3 Å². The van der Waals surface area contributed by atoms with Gasteiger partial charge in [-0.15, -0.1) is 0 Å². The van der Waals surface area contributed by atoms with E-state index in [1.165, 1.54) is 12.1 Å². The minimum Gasteiger partial charge on any atom is -0.396 e. The third-order valence-electron chi connectivity index (χ3n) is 5.71. The summed E-state index contributed by atoms with van der Waals surface area (Å²) >= 11 is 0. The van der Waals surface area contributed by atoms with Crippen molar-refractivity contribution in [3.8, 4) is 0 Å².